The Kier molecular flexibility index (Phi) is 8.61. The molecule has 0 aromatic heterocycles. The molecule has 0 aliphatic rings. The summed E-state index contributed by atoms with van der Waals surface area (Å²) in [6.45, 7) is 2.19. The average molecular weight is 267 g/mol. The third-order valence-electron chi connectivity index (χ3n) is 1.62. The van der Waals surface area contributed by atoms with E-state index in [4.69, 9.17) is 0 Å². The van der Waals surface area contributed by atoms with Crippen molar-refractivity contribution in [2.45, 2.75) is 45.4 Å². The van der Waals surface area contributed by atoms with Gasteiger partial charge in [0.1, 0.15) is 0 Å². The van der Waals surface area contributed by atoms with Crippen molar-refractivity contribution in [3.8, 4) is 0 Å². The molecule has 0 aliphatic heterocycles. The summed E-state index contributed by atoms with van der Waals surface area (Å²) >= 11 is 0.600. The molecule has 0 saturated heterocycles. The minimum atomic E-state index is -0.0242. The van der Waals surface area contributed by atoms with E-state index in [9.17, 15) is 4.79 Å². The molecule has 0 aromatic rings. The molecule has 0 amide bonds. The molecular formula is C8H17O2Sb. The Bertz CT molecular complexity index is 104. The van der Waals surface area contributed by atoms with Gasteiger partial charge in [0.15, 0.2) is 0 Å². The van der Waals surface area contributed by atoms with Crippen molar-refractivity contribution in [1.29, 1.82) is 0 Å². The summed E-state index contributed by atoms with van der Waals surface area (Å²) in [7, 11) is 0. The summed E-state index contributed by atoms with van der Waals surface area (Å²) in [5.74, 6) is -0.0242. The molecule has 66 valence electrons. The summed E-state index contributed by atoms with van der Waals surface area (Å²) in [5.41, 5.74) is 0. The Hall–Kier alpha value is 0.288. The molecule has 0 heterocycles. The molecule has 0 spiro atoms. The normalized spacial score (nSPS) is 9.64. The monoisotopic (exact) mass is 266 g/mol. The zero-order valence-corrected chi connectivity index (χ0v) is 10.4. The number of hydrogen-bond acceptors (Lipinski definition) is 2. The number of unbranched alkanes of at least 4 members (excludes halogenated alkanes) is 4. The van der Waals surface area contributed by atoms with Crippen molar-refractivity contribution >= 4 is 29.4 Å². The molecule has 11 heavy (non-hydrogen) atoms. The molecule has 0 atom stereocenters. The maximum absolute atomic E-state index is 10.7. The summed E-state index contributed by atoms with van der Waals surface area (Å²) in [5, 5.41) is 0. The van der Waals surface area contributed by atoms with Gasteiger partial charge in [-0.3, -0.25) is 0 Å². The Morgan fingerprint density at radius 3 is 2.45 bits per heavy atom. The van der Waals surface area contributed by atoms with E-state index in [0.717, 1.165) is 6.42 Å². The van der Waals surface area contributed by atoms with Gasteiger partial charge in [-0.25, -0.2) is 0 Å². The van der Waals surface area contributed by atoms with Crippen LogP contribution in [0.25, 0.3) is 0 Å². The Balaban J connectivity index is 2.95. The van der Waals surface area contributed by atoms with E-state index in [1.54, 1.807) is 0 Å². The van der Waals surface area contributed by atoms with Gasteiger partial charge in [0.25, 0.3) is 0 Å². The van der Waals surface area contributed by atoms with Crippen LogP contribution in [0, 0.1) is 0 Å². The molecule has 0 unspecified atom stereocenters. The second kappa shape index (κ2) is 8.39. The van der Waals surface area contributed by atoms with Gasteiger partial charge in [-0.2, -0.15) is 0 Å². The van der Waals surface area contributed by atoms with Gasteiger partial charge in [-0.05, 0) is 0 Å². The first kappa shape index (κ1) is 11.3. The van der Waals surface area contributed by atoms with Gasteiger partial charge in [0.05, 0.1) is 0 Å². The zero-order valence-electron chi connectivity index (χ0n) is 7.14. The van der Waals surface area contributed by atoms with Gasteiger partial charge in [-0.15, -0.1) is 0 Å². The van der Waals surface area contributed by atoms with E-state index in [0.29, 0.717) is 29.9 Å². The van der Waals surface area contributed by atoms with Crippen LogP contribution < -0.4 is 0 Å². The molecule has 0 bridgehead atoms. The van der Waals surface area contributed by atoms with Gasteiger partial charge in [-0.1, -0.05) is 0 Å². The number of rotatable bonds is 6. The van der Waals surface area contributed by atoms with Crippen LogP contribution in [0.15, 0.2) is 0 Å². The van der Waals surface area contributed by atoms with Crippen LogP contribution in [0.4, 0.5) is 0 Å². The molecule has 2 nitrogen and oxygen atoms in total. The van der Waals surface area contributed by atoms with Crippen LogP contribution in [0.5, 0.6) is 0 Å². The second-order valence-electron chi connectivity index (χ2n) is 2.65. The van der Waals surface area contributed by atoms with E-state index in [1.807, 2.05) is 0 Å². The van der Waals surface area contributed by atoms with Crippen molar-refractivity contribution in [3.05, 3.63) is 0 Å². The number of carbonyl (C=O) groups excluding carboxylic acids is 1. The first-order valence-corrected chi connectivity index (χ1v) is 5.55. The zero-order chi connectivity index (χ0) is 8.53. The molecule has 0 radical (unpaired) electrons. The predicted octanol–water partition coefficient (Wildman–Crippen LogP) is 1.44. The van der Waals surface area contributed by atoms with E-state index in [1.165, 1.54) is 25.7 Å². The SMILES string of the molecule is CCCCCCCC(=O)[O][SbH2]. The molecule has 0 N–H and O–H groups in total. The fraction of sp³-hybridized carbons (Fsp3) is 0.875. The van der Waals surface area contributed by atoms with Crippen molar-refractivity contribution in [2.75, 3.05) is 0 Å². The summed E-state index contributed by atoms with van der Waals surface area (Å²) in [6.07, 6.45) is 6.58. The van der Waals surface area contributed by atoms with Gasteiger partial charge in [0.2, 0.25) is 0 Å². The first-order chi connectivity index (χ1) is 5.31. The fourth-order valence-electron chi connectivity index (χ4n) is 0.932. The van der Waals surface area contributed by atoms with Crippen LogP contribution >= 0.6 is 0 Å². The predicted molar refractivity (Wildman–Crippen MR) is 48.0 cm³/mol. The van der Waals surface area contributed by atoms with Gasteiger partial charge < -0.3 is 0 Å². The Morgan fingerprint density at radius 2 is 1.91 bits per heavy atom. The van der Waals surface area contributed by atoms with Crippen LogP contribution in [0.1, 0.15) is 45.4 Å². The van der Waals surface area contributed by atoms with Crippen molar-refractivity contribution in [1.82, 2.24) is 0 Å². The second-order valence-corrected chi connectivity index (χ2v) is 3.33. The molecule has 0 fully saturated rings. The van der Waals surface area contributed by atoms with E-state index in [-0.39, 0.29) is 5.97 Å². The number of carbonyl (C=O) groups is 1. The molecule has 3 heteroatoms. The topological polar surface area (TPSA) is 26.3 Å². The van der Waals surface area contributed by atoms with Crippen molar-refractivity contribution < 1.29 is 7.81 Å². The quantitative estimate of drug-likeness (QED) is 0.537. The van der Waals surface area contributed by atoms with E-state index in [2.05, 4.69) is 9.94 Å². The van der Waals surface area contributed by atoms with E-state index >= 15 is 0 Å². The standard InChI is InChI=1S/C8H16O2.Sb.2H/c1-2-3-4-5-6-7-8(9)10;;;/h2-7H2,1H3,(H,9,10);;;/q;+1;;/p-1. The average Bonchev–Trinajstić information content (AvgIpc) is 2.04. The maximum atomic E-state index is 10.7. The van der Waals surface area contributed by atoms with E-state index < -0.39 is 0 Å². The van der Waals surface area contributed by atoms with Crippen LogP contribution in [0.2, 0.25) is 0 Å². The fourth-order valence-corrected chi connectivity index (χ4v) is 1.27. The van der Waals surface area contributed by atoms with Crippen molar-refractivity contribution in [3.63, 3.8) is 0 Å². The third-order valence-corrected chi connectivity index (χ3v) is 2.37. The molecule has 0 saturated carbocycles. The third kappa shape index (κ3) is 8.19. The molecule has 0 rings (SSSR count). The van der Waals surface area contributed by atoms with Crippen LogP contribution in [0.3, 0.4) is 0 Å². The van der Waals surface area contributed by atoms with Crippen LogP contribution in [-0.4, -0.2) is 29.4 Å². The first-order valence-electron chi connectivity index (χ1n) is 4.20. The van der Waals surface area contributed by atoms with Gasteiger partial charge >= 0.3 is 82.7 Å². The molecular weight excluding hydrogens is 250 g/mol. The van der Waals surface area contributed by atoms with Gasteiger partial charge in [0, 0.05) is 0 Å². The summed E-state index contributed by atoms with van der Waals surface area (Å²) in [4.78, 5) is 10.7. The Morgan fingerprint density at radius 1 is 1.27 bits per heavy atom. The molecule has 0 aliphatic carbocycles. The Labute approximate surface area is 82.7 Å². The summed E-state index contributed by atoms with van der Waals surface area (Å²) in [6, 6.07) is 0. The van der Waals surface area contributed by atoms with Crippen molar-refractivity contribution in [2.24, 2.45) is 0 Å². The minimum absolute atomic E-state index is 0.0242. The van der Waals surface area contributed by atoms with Crippen LogP contribution in [-0.2, 0) is 7.81 Å². The number of hydrogen-bond donors (Lipinski definition) is 0. The molecule has 0 aromatic carbocycles. The summed E-state index contributed by atoms with van der Waals surface area (Å²) < 4.78 is 4.65.